The van der Waals surface area contributed by atoms with E-state index in [0.29, 0.717) is 37.0 Å². The van der Waals surface area contributed by atoms with Crippen molar-refractivity contribution in [3.63, 3.8) is 0 Å². The van der Waals surface area contributed by atoms with Crippen molar-refractivity contribution < 1.29 is 22.6 Å². The number of ether oxygens (including phenoxy) is 2. The Hall–Kier alpha value is -2.59. The first-order valence-corrected chi connectivity index (χ1v) is 15.2. The summed E-state index contributed by atoms with van der Waals surface area (Å²) in [6, 6.07) is 12.1. The Morgan fingerprint density at radius 2 is 1.76 bits per heavy atom. The van der Waals surface area contributed by atoms with E-state index in [1.165, 1.54) is 0 Å². The SMILES string of the molecule is COc1cc2c(N[C@H](C)c3cccc(Br)c3)nc(C)nc2cc1OCCCCCCCN1CCC(C(F)(F)F)CC1. The predicted octanol–water partition coefficient (Wildman–Crippen LogP) is 8.49. The van der Waals surface area contributed by atoms with Crippen LogP contribution in [0.2, 0.25) is 0 Å². The van der Waals surface area contributed by atoms with Gasteiger partial charge in [-0.2, -0.15) is 13.2 Å². The molecular formula is C31H40BrF3N4O2. The average molecular weight is 638 g/mol. The number of rotatable bonds is 13. The summed E-state index contributed by atoms with van der Waals surface area (Å²) in [5, 5.41) is 4.39. The molecule has 0 radical (unpaired) electrons. The predicted molar refractivity (Wildman–Crippen MR) is 161 cm³/mol. The van der Waals surface area contributed by atoms with Crippen LogP contribution in [-0.4, -0.2) is 54.4 Å². The van der Waals surface area contributed by atoms with Gasteiger partial charge in [0.05, 0.1) is 31.2 Å². The number of unbranched alkanes of at least 4 members (excludes halogenated alkanes) is 4. The lowest BCUT2D eigenvalue weighted by atomic mass is 9.96. The van der Waals surface area contributed by atoms with Crippen molar-refractivity contribution >= 4 is 32.7 Å². The third-order valence-corrected chi connectivity index (χ3v) is 8.21. The zero-order chi connectivity index (χ0) is 29.4. The van der Waals surface area contributed by atoms with Gasteiger partial charge >= 0.3 is 6.18 Å². The summed E-state index contributed by atoms with van der Waals surface area (Å²) in [5.74, 6) is 1.59. The van der Waals surface area contributed by atoms with Gasteiger partial charge in [-0.15, -0.1) is 0 Å². The molecule has 1 aromatic heterocycles. The molecule has 1 atom stereocenters. The van der Waals surface area contributed by atoms with Gasteiger partial charge in [0.25, 0.3) is 0 Å². The van der Waals surface area contributed by atoms with Gasteiger partial charge in [-0.1, -0.05) is 47.3 Å². The Morgan fingerprint density at radius 1 is 1.02 bits per heavy atom. The number of benzene rings is 2. The first-order chi connectivity index (χ1) is 19.6. The second-order valence-electron chi connectivity index (χ2n) is 10.8. The van der Waals surface area contributed by atoms with Gasteiger partial charge in [0.2, 0.25) is 0 Å². The molecule has 41 heavy (non-hydrogen) atoms. The molecule has 0 amide bonds. The normalized spacial score (nSPS) is 15.7. The van der Waals surface area contributed by atoms with E-state index in [4.69, 9.17) is 9.47 Å². The molecule has 2 heterocycles. The number of alkyl halides is 3. The van der Waals surface area contributed by atoms with E-state index in [9.17, 15) is 13.2 Å². The molecule has 0 unspecified atom stereocenters. The van der Waals surface area contributed by atoms with Gasteiger partial charge in [0.15, 0.2) is 11.5 Å². The molecule has 0 saturated carbocycles. The van der Waals surface area contributed by atoms with E-state index in [1.807, 2.05) is 31.2 Å². The van der Waals surface area contributed by atoms with E-state index in [0.717, 1.165) is 65.4 Å². The van der Waals surface area contributed by atoms with Gasteiger partial charge in [-0.3, -0.25) is 0 Å². The third-order valence-electron chi connectivity index (χ3n) is 7.72. The minimum atomic E-state index is -4.04. The van der Waals surface area contributed by atoms with Crippen molar-refractivity contribution in [1.29, 1.82) is 0 Å². The lowest BCUT2D eigenvalue weighted by molar-refractivity contribution is -0.185. The first-order valence-electron chi connectivity index (χ1n) is 14.4. The van der Waals surface area contributed by atoms with E-state index < -0.39 is 12.1 Å². The minimum Gasteiger partial charge on any atom is -0.493 e. The average Bonchev–Trinajstić information content (AvgIpc) is 2.93. The molecular weight excluding hydrogens is 597 g/mol. The second-order valence-corrected chi connectivity index (χ2v) is 11.8. The Morgan fingerprint density at radius 3 is 2.46 bits per heavy atom. The highest BCUT2D eigenvalue weighted by atomic mass is 79.9. The molecule has 1 aliphatic rings. The highest BCUT2D eigenvalue weighted by Gasteiger charge is 2.40. The molecule has 1 saturated heterocycles. The van der Waals surface area contributed by atoms with Crippen molar-refractivity contribution in [2.24, 2.45) is 5.92 Å². The molecule has 3 aromatic rings. The number of nitrogens with one attached hydrogen (secondary N) is 1. The van der Waals surface area contributed by atoms with Crippen LogP contribution >= 0.6 is 15.9 Å². The highest BCUT2D eigenvalue weighted by Crippen LogP contribution is 2.36. The fraction of sp³-hybridized carbons (Fsp3) is 0.548. The number of fused-ring (bicyclic) bond motifs is 1. The van der Waals surface area contributed by atoms with Gasteiger partial charge in [0, 0.05) is 15.9 Å². The van der Waals surface area contributed by atoms with Crippen LogP contribution in [0.15, 0.2) is 40.9 Å². The molecule has 4 rings (SSSR count). The van der Waals surface area contributed by atoms with Crippen LogP contribution in [0.3, 0.4) is 0 Å². The Kier molecular flexibility index (Phi) is 11.1. The van der Waals surface area contributed by atoms with Gasteiger partial charge < -0.3 is 19.7 Å². The van der Waals surface area contributed by atoms with Crippen molar-refractivity contribution in [3.05, 3.63) is 52.3 Å². The first kappa shape index (κ1) is 31.3. The van der Waals surface area contributed by atoms with Crippen LogP contribution in [0, 0.1) is 12.8 Å². The lowest BCUT2D eigenvalue weighted by Gasteiger charge is -2.32. The summed E-state index contributed by atoms with van der Waals surface area (Å²) in [5.41, 5.74) is 1.93. The van der Waals surface area contributed by atoms with E-state index >= 15 is 0 Å². The lowest BCUT2D eigenvalue weighted by Crippen LogP contribution is -2.39. The number of halogens is 4. The maximum absolute atomic E-state index is 12.8. The number of aromatic nitrogens is 2. The Balaban J connectivity index is 1.24. The highest BCUT2D eigenvalue weighted by molar-refractivity contribution is 9.10. The fourth-order valence-electron chi connectivity index (χ4n) is 5.33. The molecule has 2 aromatic carbocycles. The minimum absolute atomic E-state index is 0.0357. The molecule has 0 bridgehead atoms. The third kappa shape index (κ3) is 8.95. The summed E-state index contributed by atoms with van der Waals surface area (Å²) in [6.45, 7) is 6.54. The number of methoxy groups -OCH3 is 1. The molecule has 0 aliphatic carbocycles. The number of hydrogen-bond donors (Lipinski definition) is 1. The summed E-state index contributed by atoms with van der Waals surface area (Å²) in [6.07, 6.45) is 1.54. The number of likely N-dealkylation sites (tertiary alicyclic amines) is 1. The van der Waals surface area contributed by atoms with Crippen LogP contribution in [0.25, 0.3) is 10.9 Å². The topological polar surface area (TPSA) is 59.5 Å². The molecule has 1 aliphatic heterocycles. The molecule has 6 nitrogen and oxygen atoms in total. The quantitative estimate of drug-likeness (QED) is 0.190. The largest absolute Gasteiger partial charge is 0.493 e. The summed E-state index contributed by atoms with van der Waals surface area (Å²) < 4.78 is 51.3. The van der Waals surface area contributed by atoms with Crippen molar-refractivity contribution in [2.75, 3.05) is 38.7 Å². The molecule has 224 valence electrons. The zero-order valence-corrected chi connectivity index (χ0v) is 25.7. The Labute approximate surface area is 249 Å². The molecule has 0 spiro atoms. The summed E-state index contributed by atoms with van der Waals surface area (Å²) in [4.78, 5) is 11.5. The number of hydrogen-bond acceptors (Lipinski definition) is 6. The van der Waals surface area contributed by atoms with Crippen LogP contribution in [0.1, 0.15) is 69.3 Å². The second kappa shape index (κ2) is 14.5. The monoisotopic (exact) mass is 636 g/mol. The van der Waals surface area contributed by atoms with Gasteiger partial charge in [-0.25, -0.2) is 9.97 Å². The van der Waals surface area contributed by atoms with Crippen molar-refractivity contribution in [1.82, 2.24) is 14.9 Å². The molecule has 1 N–H and O–H groups in total. The fourth-order valence-corrected chi connectivity index (χ4v) is 5.75. The van der Waals surface area contributed by atoms with Gasteiger partial charge in [-0.05, 0) is 82.9 Å². The zero-order valence-electron chi connectivity index (χ0n) is 24.1. The number of piperidine rings is 1. The van der Waals surface area contributed by atoms with E-state index in [2.05, 4.69) is 55.2 Å². The smallest absolute Gasteiger partial charge is 0.391 e. The summed E-state index contributed by atoms with van der Waals surface area (Å²) >= 11 is 3.54. The van der Waals surface area contributed by atoms with Crippen LogP contribution in [0.5, 0.6) is 11.5 Å². The van der Waals surface area contributed by atoms with Crippen LogP contribution < -0.4 is 14.8 Å². The molecule has 10 heteroatoms. The number of nitrogens with zero attached hydrogens (tertiary/aromatic N) is 3. The van der Waals surface area contributed by atoms with Crippen LogP contribution in [0.4, 0.5) is 19.0 Å². The molecule has 1 fully saturated rings. The maximum atomic E-state index is 12.8. The van der Waals surface area contributed by atoms with E-state index in [1.54, 1.807) is 7.11 Å². The van der Waals surface area contributed by atoms with Crippen LogP contribution in [-0.2, 0) is 0 Å². The Bertz CT molecular complexity index is 1280. The number of aryl methyl sites for hydroxylation is 1. The number of anilines is 1. The van der Waals surface area contributed by atoms with Gasteiger partial charge in [0.1, 0.15) is 11.6 Å². The van der Waals surface area contributed by atoms with Crippen molar-refractivity contribution in [3.8, 4) is 11.5 Å². The maximum Gasteiger partial charge on any atom is 0.391 e. The standard InChI is InChI=1S/C31H40BrF3N4O2/c1-21(23-10-9-11-25(32)18-23)36-30-26-19-28(40-3)29(20-27(26)37-22(2)38-30)41-17-8-6-4-5-7-14-39-15-12-24(13-16-39)31(33,34)35/h9-11,18-21,24H,4-8,12-17H2,1-3H3,(H,36,37,38)/t21-/m1/s1. The van der Waals surface area contributed by atoms with E-state index in [-0.39, 0.29) is 18.9 Å². The summed E-state index contributed by atoms with van der Waals surface area (Å²) in [7, 11) is 1.63. The van der Waals surface area contributed by atoms with Crippen molar-refractivity contribution in [2.45, 2.75) is 71.0 Å².